The third-order valence-electron chi connectivity index (χ3n) is 4.46. The fourth-order valence-electron chi connectivity index (χ4n) is 2.63. The van der Waals surface area contributed by atoms with E-state index in [9.17, 15) is 14.4 Å². The van der Waals surface area contributed by atoms with Gasteiger partial charge in [0, 0.05) is 6.42 Å². The van der Waals surface area contributed by atoms with E-state index in [1.165, 1.54) is 5.56 Å². The van der Waals surface area contributed by atoms with Gasteiger partial charge in [0.05, 0.1) is 18.5 Å². The fourth-order valence-corrected chi connectivity index (χ4v) is 2.63. The van der Waals surface area contributed by atoms with Crippen molar-refractivity contribution in [2.24, 2.45) is 0 Å². The molecule has 1 aromatic rings. The second-order valence-electron chi connectivity index (χ2n) is 6.37. The molecule has 0 aliphatic rings. The summed E-state index contributed by atoms with van der Waals surface area (Å²) in [6.07, 6.45) is 1.82. The van der Waals surface area contributed by atoms with Gasteiger partial charge in [-0.15, -0.1) is 0 Å². The molecule has 0 aliphatic heterocycles. The van der Waals surface area contributed by atoms with E-state index < -0.39 is 11.5 Å². The van der Waals surface area contributed by atoms with E-state index in [0.717, 1.165) is 5.56 Å². The predicted molar refractivity (Wildman–Crippen MR) is 96.2 cm³/mol. The highest BCUT2D eigenvalue weighted by molar-refractivity contribution is 5.85. The van der Waals surface area contributed by atoms with E-state index in [0.29, 0.717) is 25.7 Å². The summed E-state index contributed by atoms with van der Waals surface area (Å²) in [6.45, 7) is 5.54. The van der Waals surface area contributed by atoms with Crippen LogP contribution in [0.2, 0.25) is 0 Å². The molecule has 0 unspecified atom stereocenters. The molecule has 25 heavy (non-hydrogen) atoms. The smallest absolute Gasteiger partial charge is 0.305 e. The number of hydrogen-bond acceptors (Lipinski definition) is 3. The summed E-state index contributed by atoms with van der Waals surface area (Å²) < 4.78 is 0. The van der Waals surface area contributed by atoms with Gasteiger partial charge in [-0.25, -0.2) is 0 Å². The molecular weight excluding hydrogens is 320 g/mol. The molecule has 6 nitrogen and oxygen atoms in total. The Kier molecular flexibility index (Phi) is 8.11. The number of rotatable bonds is 10. The van der Waals surface area contributed by atoms with Crippen molar-refractivity contribution < 1.29 is 19.5 Å². The summed E-state index contributed by atoms with van der Waals surface area (Å²) >= 11 is 0. The SMILES string of the molecule is CCC(CC)(CC(=O)O)NC(=O)CNC(=O)CCc1ccc(C)cc1. The average molecular weight is 348 g/mol. The maximum absolute atomic E-state index is 12.1. The van der Waals surface area contributed by atoms with Crippen LogP contribution in [0.4, 0.5) is 0 Å². The van der Waals surface area contributed by atoms with E-state index in [4.69, 9.17) is 5.11 Å². The molecule has 0 spiro atoms. The van der Waals surface area contributed by atoms with Gasteiger partial charge >= 0.3 is 5.97 Å². The summed E-state index contributed by atoms with van der Waals surface area (Å²) in [6, 6.07) is 7.96. The van der Waals surface area contributed by atoms with Crippen LogP contribution in [-0.2, 0) is 20.8 Å². The zero-order chi connectivity index (χ0) is 18.9. The maximum Gasteiger partial charge on any atom is 0.305 e. The minimum atomic E-state index is -0.953. The van der Waals surface area contributed by atoms with E-state index in [1.807, 2.05) is 45.0 Å². The Morgan fingerprint density at radius 2 is 1.64 bits per heavy atom. The first-order valence-corrected chi connectivity index (χ1v) is 8.65. The zero-order valence-corrected chi connectivity index (χ0v) is 15.2. The molecule has 0 saturated heterocycles. The zero-order valence-electron chi connectivity index (χ0n) is 15.2. The molecule has 1 rings (SSSR count). The van der Waals surface area contributed by atoms with Gasteiger partial charge in [0.15, 0.2) is 0 Å². The topological polar surface area (TPSA) is 95.5 Å². The molecule has 138 valence electrons. The normalized spacial score (nSPS) is 11.0. The highest BCUT2D eigenvalue weighted by atomic mass is 16.4. The minimum Gasteiger partial charge on any atom is -0.481 e. The number of carboxylic acid groups (broad SMARTS) is 1. The third kappa shape index (κ3) is 7.37. The van der Waals surface area contributed by atoms with Crippen LogP contribution in [-0.4, -0.2) is 35.0 Å². The van der Waals surface area contributed by atoms with Gasteiger partial charge in [-0.1, -0.05) is 43.7 Å². The van der Waals surface area contributed by atoms with Crippen molar-refractivity contribution in [3.63, 3.8) is 0 Å². The van der Waals surface area contributed by atoms with Crippen LogP contribution in [0, 0.1) is 6.92 Å². The molecule has 2 amide bonds. The Morgan fingerprint density at radius 1 is 1.04 bits per heavy atom. The number of carboxylic acids is 1. The number of aliphatic carboxylic acids is 1. The largest absolute Gasteiger partial charge is 0.481 e. The first kappa shape index (κ1) is 20.7. The van der Waals surface area contributed by atoms with Crippen molar-refractivity contribution in [3.05, 3.63) is 35.4 Å². The summed E-state index contributed by atoms with van der Waals surface area (Å²) in [5.41, 5.74) is 1.47. The van der Waals surface area contributed by atoms with Crippen LogP contribution in [0.1, 0.15) is 50.7 Å². The molecular formula is C19H28N2O4. The lowest BCUT2D eigenvalue weighted by molar-refractivity contribution is -0.139. The summed E-state index contributed by atoms with van der Waals surface area (Å²) in [7, 11) is 0. The number of amides is 2. The summed E-state index contributed by atoms with van der Waals surface area (Å²) in [4.78, 5) is 34.9. The Labute approximate surface area is 149 Å². The van der Waals surface area contributed by atoms with Crippen molar-refractivity contribution in [2.45, 2.75) is 58.4 Å². The highest BCUT2D eigenvalue weighted by Crippen LogP contribution is 2.19. The number of carbonyl (C=O) groups is 3. The van der Waals surface area contributed by atoms with Gasteiger partial charge in [-0.2, -0.15) is 0 Å². The Bertz CT molecular complexity index is 592. The van der Waals surface area contributed by atoms with Gasteiger partial charge < -0.3 is 15.7 Å². The maximum atomic E-state index is 12.1. The molecule has 0 heterocycles. The number of carbonyl (C=O) groups excluding carboxylic acids is 2. The predicted octanol–water partition coefficient (Wildman–Crippen LogP) is 2.19. The average Bonchev–Trinajstić information content (AvgIpc) is 2.58. The molecule has 0 fully saturated rings. The molecule has 0 saturated carbocycles. The third-order valence-corrected chi connectivity index (χ3v) is 4.46. The van der Waals surface area contributed by atoms with Crippen molar-refractivity contribution in [3.8, 4) is 0 Å². The monoisotopic (exact) mass is 348 g/mol. The van der Waals surface area contributed by atoms with Gasteiger partial charge in [-0.3, -0.25) is 14.4 Å². The van der Waals surface area contributed by atoms with Crippen molar-refractivity contribution in [1.82, 2.24) is 10.6 Å². The molecule has 0 bridgehead atoms. The number of hydrogen-bond donors (Lipinski definition) is 3. The van der Waals surface area contributed by atoms with E-state index in [2.05, 4.69) is 10.6 Å². The summed E-state index contributed by atoms with van der Waals surface area (Å²) in [5.74, 6) is -1.52. The van der Waals surface area contributed by atoms with E-state index in [-0.39, 0.29) is 24.8 Å². The number of benzene rings is 1. The molecule has 0 aromatic heterocycles. The van der Waals surface area contributed by atoms with Crippen molar-refractivity contribution >= 4 is 17.8 Å². The second kappa shape index (κ2) is 9.81. The van der Waals surface area contributed by atoms with Crippen LogP contribution in [0.3, 0.4) is 0 Å². The lowest BCUT2D eigenvalue weighted by Gasteiger charge is -2.31. The lowest BCUT2D eigenvalue weighted by atomic mass is 9.89. The second-order valence-corrected chi connectivity index (χ2v) is 6.37. The quantitative estimate of drug-likeness (QED) is 0.604. The van der Waals surface area contributed by atoms with Crippen molar-refractivity contribution in [1.29, 1.82) is 0 Å². The Morgan fingerprint density at radius 3 is 2.16 bits per heavy atom. The molecule has 0 radical (unpaired) electrons. The molecule has 0 aliphatic carbocycles. The summed E-state index contributed by atoms with van der Waals surface area (Å²) in [5, 5.41) is 14.4. The molecule has 0 atom stereocenters. The van der Waals surface area contributed by atoms with Gasteiger partial charge in [0.2, 0.25) is 11.8 Å². The molecule has 3 N–H and O–H groups in total. The minimum absolute atomic E-state index is 0.132. The van der Waals surface area contributed by atoms with Gasteiger partial charge in [-0.05, 0) is 31.7 Å². The first-order chi connectivity index (χ1) is 11.8. The first-order valence-electron chi connectivity index (χ1n) is 8.65. The van der Waals surface area contributed by atoms with Crippen LogP contribution < -0.4 is 10.6 Å². The van der Waals surface area contributed by atoms with Crippen LogP contribution in [0.25, 0.3) is 0 Å². The number of nitrogens with one attached hydrogen (secondary N) is 2. The van der Waals surface area contributed by atoms with Crippen molar-refractivity contribution in [2.75, 3.05) is 6.54 Å². The van der Waals surface area contributed by atoms with E-state index in [1.54, 1.807) is 0 Å². The van der Waals surface area contributed by atoms with Crippen LogP contribution in [0.15, 0.2) is 24.3 Å². The van der Waals surface area contributed by atoms with Gasteiger partial charge in [0.25, 0.3) is 0 Å². The van der Waals surface area contributed by atoms with E-state index >= 15 is 0 Å². The lowest BCUT2D eigenvalue weighted by Crippen LogP contribution is -2.52. The molecule has 1 aromatic carbocycles. The highest BCUT2D eigenvalue weighted by Gasteiger charge is 2.30. The van der Waals surface area contributed by atoms with Gasteiger partial charge in [0.1, 0.15) is 0 Å². The van der Waals surface area contributed by atoms with Crippen LogP contribution in [0.5, 0.6) is 0 Å². The Balaban J connectivity index is 2.42. The number of aryl methyl sites for hydroxylation is 2. The Hall–Kier alpha value is -2.37. The standard InChI is InChI=1S/C19H28N2O4/c1-4-19(5-2,12-18(24)25)21-17(23)13-20-16(22)11-10-15-8-6-14(3)7-9-15/h6-9H,4-5,10-13H2,1-3H3,(H,20,22)(H,21,23)(H,24,25). The fraction of sp³-hybridized carbons (Fsp3) is 0.526. The molecule has 6 heteroatoms. The van der Waals surface area contributed by atoms with Crippen LogP contribution >= 0.6 is 0 Å².